The third-order valence-corrected chi connectivity index (χ3v) is 4.01. The highest BCUT2D eigenvalue weighted by atomic mass is 35.5. The largest absolute Gasteiger partial charge is 0.382 e. The van der Waals surface area contributed by atoms with E-state index in [1.165, 1.54) is 18.6 Å². The molecule has 106 valence electrons. The van der Waals surface area contributed by atoms with Crippen molar-refractivity contribution >= 4 is 17.3 Å². The topological polar surface area (TPSA) is 12.0 Å². The highest BCUT2D eigenvalue weighted by Crippen LogP contribution is 2.46. The summed E-state index contributed by atoms with van der Waals surface area (Å²) in [6.07, 6.45) is 3.43. The molecule has 0 aliphatic heterocycles. The highest BCUT2D eigenvalue weighted by Gasteiger charge is 2.38. The Kier molecular flexibility index (Phi) is 3.83. The van der Waals surface area contributed by atoms with Crippen LogP contribution in [-0.2, 0) is 0 Å². The lowest BCUT2D eigenvalue weighted by molar-refractivity contribution is 0.105. The maximum Gasteiger partial charge on any atom is 0.126 e. The molecule has 1 fully saturated rings. The van der Waals surface area contributed by atoms with E-state index in [-0.39, 0.29) is 5.82 Å². The van der Waals surface area contributed by atoms with Crippen LogP contribution < -0.4 is 5.32 Å². The SMILES string of the molecule is CC1(C)CC(Nc2cc(F)cc(Cl)c2)CC(C)(C)C1. The van der Waals surface area contributed by atoms with Crippen molar-refractivity contribution < 1.29 is 4.39 Å². The molecule has 1 aromatic rings. The standard InChI is InChI=1S/C16H23ClFN/c1-15(2)8-14(9-16(3,4)10-15)19-13-6-11(17)5-12(18)7-13/h5-7,14,19H,8-10H2,1-4H3. The second-order valence-electron chi connectivity index (χ2n) is 7.41. The van der Waals surface area contributed by atoms with Crippen LogP contribution in [0.1, 0.15) is 47.0 Å². The number of hydrogen-bond acceptors (Lipinski definition) is 1. The predicted molar refractivity (Wildman–Crippen MR) is 80.2 cm³/mol. The van der Waals surface area contributed by atoms with E-state index < -0.39 is 0 Å². The minimum Gasteiger partial charge on any atom is -0.382 e. The third-order valence-electron chi connectivity index (χ3n) is 3.79. The second-order valence-corrected chi connectivity index (χ2v) is 7.85. The first kappa shape index (κ1) is 14.6. The summed E-state index contributed by atoms with van der Waals surface area (Å²) >= 11 is 5.90. The van der Waals surface area contributed by atoms with Crippen LogP contribution in [0.2, 0.25) is 5.02 Å². The lowest BCUT2D eigenvalue weighted by Crippen LogP contribution is -2.40. The molecule has 1 saturated carbocycles. The Morgan fingerprint density at radius 3 is 2.21 bits per heavy atom. The number of anilines is 1. The van der Waals surface area contributed by atoms with Gasteiger partial charge in [-0.3, -0.25) is 0 Å². The first-order chi connectivity index (χ1) is 8.65. The number of benzene rings is 1. The Bertz CT molecular complexity index is 432. The molecule has 0 spiro atoms. The van der Waals surface area contributed by atoms with Gasteiger partial charge in [-0.05, 0) is 48.3 Å². The van der Waals surface area contributed by atoms with Gasteiger partial charge in [-0.2, -0.15) is 0 Å². The van der Waals surface area contributed by atoms with Gasteiger partial charge in [0.2, 0.25) is 0 Å². The Labute approximate surface area is 120 Å². The summed E-state index contributed by atoms with van der Waals surface area (Å²) in [7, 11) is 0. The molecule has 0 heterocycles. The second kappa shape index (κ2) is 4.97. The van der Waals surface area contributed by atoms with Gasteiger partial charge in [0.1, 0.15) is 5.82 Å². The monoisotopic (exact) mass is 283 g/mol. The molecule has 2 rings (SSSR count). The minimum absolute atomic E-state index is 0.288. The van der Waals surface area contributed by atoms with Crippen LogP contribution in [0.3, 0.4) is 0 Å². The molecule has 3 heteroatoms. The molecule has 0 saturated heterocycles. The lowest BCUT2D eigenvalue weighted by atomic mass is 9.63. The van der Waals surface area contributed by atoms with Crippen LogP contribution >= 0.6 is 11.6 Å². The van der Waals surface area contributed by atoms with Crippen molar-refractivity contribution in [3.8, 4) is 0 Å². The smallest absolute Gasteiger partial charge is 0.126 e. The number of nitrogens with one attached hydrogen (secondary N) is 1. The summed E-state index contributed by atoms with van der Waals surface area (Å²) in [5.41, 5.74) is 1.41. The maximum atomic E-state index is 13.4. The van der Waals surface area contributed by atoms with Crippen molar-refractivity contribution in [2.75, 3.05) is 5.32 Å². The summed E-state index contributed by atoms with van der Waals surface area (Å²) in [6.45, 7) is 9.23. The van der Waals surface area contributed by atoms with E-state index in [0.717, 1.165) is 18.5 Å². The number of hydrogen-bond donors (Lipinski definition) is 1. The fraction of sp³-hybridized carbons (Fsp3) is 0.625. The molecular formula is C16H23ClFN. The van der Waals surface area contributed by atoms with E-state index in [1.54, 1.807) is 6.07 Å². The molecule has 1 N–H and O–H groups in total. The van der Waals surface area contributed by atoms with E-state index in [4.69, 9.17) is 11.6 Å². The van der Waals surface area contributed by atoms with E-state index >= 15 is 0 Å². The fourth-order valence-electron chi connectivity index (χ4n) is 3.82. The molecule has 0 amide bonds. The van der Waals surface area contributed by atoms with Crippen LogP contribution in [0.15, 0.2) is 18.2 Å². The first-order valence-corrected chi connectivity index (χ1v) is 7.26. The molecule has 0 atom stereocenters. The zero-order valence-electron chi connectivity index (χ0n) is 12.2. The van der Waals surface area contributed by atoms with Gasteiger partial charge >= 0.3 is 0 Å². The van der Waals surface area contributed by atoms with Crippen molar-refractivity contribution in [1.82, 2.24) is 0 Å². The van der Waals surface area contributed by atoms with Crippen LogP contribution in [0.5, 0.6) is 0 Å². The van der Waals surface area contributed by atoms with Crippen LogP contribution in [0.4, 0.5) is 10.1 Å². The first-order valence-electron chi connectivity index (χ1n) is 6.88. The van der Waals surface area contributed by atoms with E-state index in [2.05, 4.69) is 33.0 Å². The van der Waals surface area contributed by atoms with Crippen molar-refractivity contribution in [1.29, 1.82) is 0 Å². The summed E-state index contributed by atoms with van der Waals surface area (Å²) < 4.78 is 13.4. The summed E-state index contributed by atoms with van der Waals surface area (Å²) in [5, 5.41) is 3.89. The minimum atomic E-state index is -0.288. The van der Waals surface area contributed by atoms with Crippen LogP contribution in [0.25, 0.3) is 0 Å². The van der Waals surface area contributed by atoms with Crippen LogP contribution in [0, 0.1) is 16.6 Å². The van der Waals surface area contributed by atoms with Crippen molar-refractivity contribution in [2.24, 2.45) is 10.8 Å². The van der Waals surface area contributed by atoms with E-state index in [9.17, 15) is 4.39 Å². The number of halogens is 2. The summed E-state index contributed by atoms with van der Waals surface area (Å²) in [4.78, 5) is 0. The Balaban J connectivity index is 2.14. The molecule has 1 aliphatic carbocycles. The Morgan fingerprint density at radius 1 is 1.11 bits per heavy atom. The quantitative estimate of drug-likeness (QED) is 0.756. The molecule has 1 aliphatic rings. The van der Waals surface area contributed by atoms with Gasteiger partial charge in [0.25, 0.3) is 0 Å². The highest BCUT2D eigenvalue weighted by molar-refractivity contribution is 6.30. The molecule has 19 heavy (non-hydrogen) atoms. The van der Waals surface area contributed by atoms with E-state index in [1.807, 2.05) is 0 Å². The molecule has 0 radical (unpaired) electrons. The molecule has 0 unspecified atom stereocenters. The molecule has 1 nitrogen and oxygen atoms in total. The van der Waals surface area contributed by atoms with Crippen LogP contribution in [-0.4, -0.2) is 6.04 Å². The van der Waals surface area contributed by atoms with Gasteiger partial charge in [0.05, 0.1) is 0 Å². The average molecular weight is 284 g/mol. The Hall–Kier alpha value is -0.760. The maximum absolute atomic E-state index is 13.4. The average Bonchev–Trinajstić information content (AvgIpc) is 2.08. The molecule has 0 aromatic heterocycles. The van der Waals surface area contributed by atoms with Gasteiger partial charge in [-0.25, -0.2) is 4.39 Å². The normalized spacial score (nSPS) is 22.2. The zero-order valence-corrected chi connectivity index (χ0v) is 12.9. The van der Waals surface area contributed by atoms with Crippen molar-refractivity contribution in [3.05, 3.63) is 29.0 Å². The van der Waals surface area contributed by atoms with Crippen molar-refractivity contribution in [3.63, 3.8) is 0 Å². The van der Waals surface area contributed by atoms with Gasteiger partial charge in [0.15, 0.2) is 0 Å². The predicted octanol–water partition coefficient (Wildman–Crippen LogP) is 5.50. The van der Waals surface area contributed by atoms with Gasteiger partial charge in [-0.1, -0.05) is 39.3 Å². The summed E-state index contributed by atoms with van der Waals surface area (Å²) in [6, 6.07) is 5.01. The van der Waals surface area contributed by atoms with Gasteiger partial charge in [-0.15, -0.1) is 0 Å². The zero-order chi connectivity index (χ0) is 14.3. The third kappa shape index (κ3) is 4.10. The lowest BCUT2D eigenvalue weighted by Gasteiger charge is -2.45. The molecular weight excluding hydrogens is 261 g/mol. The Morgan fingerprint density at radius 2 is 1.68 bits per heavy atom. The van der Waals surface area contributed by atoms with E-state index in [0.29, 0.717) is 21.9 Å². The fourth-order valence-corrected chi connectivity index (χ4v) is 4.04. The van der Waals surface area contributed by atoms with Gasteiger partial charge in [0, 0.05) is 16.8 Å². The molecule has 0 bridgehead atoms. The molecule has 1 aromatic carbocycles. The summed E-state index contributed by atoms with van der Waals surface area (Å²) in [5.74, 6) is -0.288. The van der Waals surface area contributed by atoms with Crippen molar-refractivity contribution in [2.45, 2.75) is 53.0 Å². The van der Waals surface area contributed by atoms with Gasteiger partial charge < -0.3 is 5.32 Å². The number of rotatable bonds is 2.